The molecule has 3 aromatic rings. The number of nitrogens with one attached hydrogen (secondary N) is 1. The van der Waals surface area contributed by atoms with Crippen molar-refractivity contribution in [2.45, 2.75) is 6.54 Å². The predicted octanol–water partition coefficient (Wildman–Crippen LogP) is 4.65. The van der Waals surface area contributed by atoms with Crippen LogP contribution in [0.2, 0.25) is 0 Å². The number of fused-ring (bicyclic) bond motifs is 1. The van der Waals surface area contributed by atoms with Gasteiger partial charge in [0.1, 0.15) is 11.3 Å². The van der Waals surface area contributed by atoms with Crippen molar-refractivity contribution in [1.82, 2.24) is 9.55 Å². The number of imidazole rings is 1. The van der Waals surface area contributed by atoms with Gasteiger partial charge in [0, 0.05) is 4.47 Å². The van der Waals surface area contributed by atoms with E-state index < -0.39 is 0 Å². The molecule has 0 atom stereocenters. The molecule has 0 spiro atoms. The van der Waals surface area contributed by atoms with Crippen molar-refractivity contribution in [3.8, 4) is 0 Å². The Hall–Kier alpha value is -1.46. The number of hydrogen-bond acceptors (Lipinski definition) is 1. The molecular formula is C14H10BrFN2S. The Morgan fingerprint density at radius 1 is 1.21 bits per heavy atom. The van der Waals surface area contributed by atoms with E-state index in [-0.39, 0.29) is 5.82 Å². The van der Waals surface area contributed by atoms with Gasteiger partial charge in [-0.15, -0.1) is 0 Å². The standard InChI is InChI=1S/C14H10BrFN2S/c15-10-4-1-3-9(7-10)8-18-12-6-2-5-11(16)13(12)17-14(18)19/h1-7H,8H2,(H,17,19). The van der Waals surface area contributed by atoms with E-state index in [1.807, 2.05) is 34.9 Å². The molecule has 0 saturated carbocycles. The topological polar surface area (TPSA) is 20.7 Å². The van der Waals surface area contributed by atoms with Crippen LogP contribution in [0, 0.1) is 10.6 Å². The number of para-hydroxylation sites is 1. The molecule has 0 unspecified atom stereocenters. The number of aromatic amines is 1. The number of nitrogens with zero attached hydrogens (tertiary/aromatic N) is 1. The molecule has 0 bridgehead atoms. The van der Waals surface area contributed by atoms with E-state index in [1.54, 1.807) is 6.07 Å². The van der Waals surface area contributed by atoms with E-state index in [2.05, 4.69) is 20.9 Å². The highest BCUT2D eigenvalue weighted by atomic mass is 79.9. The Labute approximate surface area is 123 Å². The first-order valence-electron chi connectivity index (χ1n) is 5.76. The van der Waals surface area contributed by atoms with Crippen LogP contribution in [0.5, 0.6) is 0 Å². The first-order chi connectivity index (χ1) is 9.15. The molecule has 5 heteroatoms. The van der Waals surface area contributed by atoms with Crippen LogP contribution >= 0.6 is 28.1 Å². The summed E-state index contributed by atoms with van der Waals surface area (Å²) in [7, 11) is 0. The van der Waals surface area contributed by atoms with Crippen LogP contribution in [0.4, 0.5) is 4.39 Å². The largest absolute Gasteiger partial charge is 0.328 e. The molecule has 19 heavy (non-hydrogen) atoms. The Balaban J connectivity index is 2.13. The molecule has 1 N–H and O–H groups in total. The summed E-state index contributed by atoms with van der Waals surface area (Å²) in [5.41, 5.74) is 2.35. The predicted molar refractivity (Wildman–Crippen MR) is 80.3 cm³/mol. The SMILES string of the molecule is Fc1cccc2c1[nH]c(=S)n2Cc1cccc(Br)c1. The number of aromatic nitrogens is 2. The van der Waals surface area contributed by atoms with Gasteiger partial charge in [0.2, 0.25) is 0 Å². The lowest BCUT2D eigenvalue weighted by molar-refractivity contribution is 0.637. The average Bonchev–Trinajstić information content (AvgIpc) is 2.69. The summed E-state index contributed by atoms with van der Waals surface area (Å²) in [6.07, 6.45) is 0. The second-order valence-corrected chi connectivity index (χ2v) is 5.58. The van der Waals surface area contributed by atoms with Crippen LogP contribution in [0.15, 0.2) is 46.9 Å². The minimum atomic E-state index is -0.281. The van der Waals surface area contributed by atoms with Crippen molar-refractivity contribution in [3.63, 3.8) is 0 Å². The maximum atomic E-state index is 13.7. The van der Waals surface area contributed by atoms with Crippen LogP contribution < -0.4 is 0 Å². The molecule has 2 aromatic carbocycles. The first kappa shape index (κ1) is 12.6. The van der Waals surface area contributed by atoms with Crippen molar-refractivity contribution in [2.24, 2.45) is 0 Å². The molecule has 0 aliphatic heterocycles. The molecule has 0 saturated heterocycles. The molecule has 0 fully saturated rings. The third-order valence-corrected chi connectivity index (χ3v) is 3.80. The highest BCUT2D eigenvalue weighted by Gasteiger charge is 2.08. The van der Waals surface area contributed by atoms with Gasteiger partial charge in [-0.1, -0.05) is 34.1 Å². The van der Waals surface area contributed by atoms with E-state index >= 15 is 0 Å². The van der Waals surface area contributed by atoms with Gasteiger partial charge in [-0.3, -0.25) is 0 Å². The van der Waals surface area contributed by atoms with E-state index in [0.717, 1.165) is 15.6 Å². The Morgan fingerprint density at radius 2 is 2.00 bits per heavy atom. The van der Waals surface area contributed by atoms with Gasteiger partial charge in [-0.2, -0.15) is 0 Å². The van der Waals surface area contributed by atoms with Gasteiger partial charge in [0.15, 0.2) is 4.77 Å². The second-order valence-electron chi connectivity index (χ2n) is 4.28. The summed E-state index contributed by atoms with van der Waals surface area (Å²) < 4.78 is 17.1. The lowest BCUT2D eigenvalue weighted by atomic mass is 10.2. The van der Waals surface area contributed by atoms with E-state index in [9.17, 15) is 4.39 Å². The molecule has 2 nitrogen and oxygen atoms in total. The molecule has 0 aliphatic rings. The fraction of sp³-hybridized carbons (Fsp3) is 0.0714. The van der Waals surface area contributed by atoms with Gasteiger partial charge in [-0.05, 0) is 42.0 Å². The number of halogens is 2. The monoisotopic (exact) mass is 336 g/mol. The zero-order valence-corrected chi connectivity index (χ0v) is 12.3. The molecule has 1 heterocycles. The minimum Gasteiger partial charge on any atom is -0.328 e. The maximum Gasteiger partial charge on any atom is 0.178 e. The number of H-pyrrole nitrogens is 1. The van der Waals surface area contributed by atoms with E-state index in [4.69, 9.17) is 12.2 Å². The molecule has 96 valence electrons. The number of hydrogen-bond donors (Lipinski definition) is 1. The van der Waals surface area contributed by atoms with Gasteiger partial charge in [0.05, 0.1) is 12.1 Å². The fourth-order valence-electron chi connectivity index (χ4n) is 2.12. The average molecular weight is 337 g/mol. The summed E-state index contributed by atoms with van der Waals surface area (Å²) in [4.78, 5) is 2.92. The summed E-state index contributed by atoms with van der Waals surface area (Å²) in [5.74, 6) is -0.281. The van der Waals surface area contributed by atoms with Crippen LogP contribution in [0.3, 0.4) is 0 Å². The Morgan fingerprint density at radius 3 is 2.79 bits per heavy atom. The minimum absolute atomic E-state index is 0.281. The van der Waals surface area contributed by atoms with Crippen molar-refractivity contribution < 1.29 is 4.39 Å². The smallest absolute Gasteiger partial charge is 0.178 e. The number of benzene rings is 2. The number of rotatable bonds is 2. The van der Waals surface area contributed by atoms with E-state index in [1.165, 1.54) is 6.07 Å². The summed E-state index contributed by atoms with van der Waals surface area (Å²) in [6.45, 7) is 0.613. The lowest BCUT2D eigenvalue weighted by Crippen LogP contribution is -1.99. The normalized spacial score (nSPS) is 11.1. The van der Waals surface area contributed by atoms with Crippen molar-refractivity contribution in [1.29, 1.82) is 0 Å². The van der Waals surface area contributed by atoms with Crippen LogP contribution in [-0.4, -0.2) is 9.55 Å². The lowest BCUT2D eigenvalue weighted by Gasteiger charge is -2.05. The van der Waals surface area contributed by atoms with Gasteiger partial charge in [-0.25, -0.2) is 4.39 Å². The zero-order chi connectivity index (χ0) is 13.4. The van der Waals surface area contributed by atoms with E-state index in [0.29, 0.717) is 16.8 Å². The summed E-state index contributed by atoms with van der Waals surface area (Å²) in [5, 5.41) is 0. The van der Waals surface area contributed by atoms with Crippen molar-refractivity contribution >= 4 is 39.2 Å². The third-order valence-electron chi connectivity index (χ3n) is 2.99. The quantitative estimate of drug-likeness (QED) is 0.675. The summed E-state index contributed by atoms with van der Waals surface area (Å²) in [6, 6.07) is 13.0. The second kappa shape index (κ2) is 4.90. The third kappa shape index (κ3) is 2.35. The zero-order valence-electron chi connectivity index (χ0n) is 9.86. The first-order valence-corrected chi connectivity index (χ1v) is 6.97. The molecule has 0 amide bonds. The highest BCUT2D eigenvalue weighted by molar-refractivity contribution is 9.10. The molecule has 1 aromatic heterocycles. The fourth-order valence-corrected chi connectivity index (χ4v) is 2.83. The van der Waals surface area contributed by atoms with Gasteiger partial charge in [0.25, 0.3) is 0 Å². The molecule has 0 aliphatic carbocycles. The van der Waals surface area contributed by atoms with Crippen LogP contribution in [0.25, 0.3) is 11.0 Å². The van der Waals surface area contributed by atoms with Crippen LogP contribution in [0.1, 0.15) is 5.56 Å². The Bertz CT molecular complexity index is 807. The van der Waals surface area contributed by atoms with Gasteiger partial charge < -0.3 is 9.55 Å². The van der Waals surface area contributed by atoms with Crippen molar-refractivity contribution in [3.05, 3.63) is 63.1 Å². The highest BCUT2D eigenvalue weighted by Crippen LogP contribution is 2.19. The maximum absolute atomic E-state index is 13.7. The van der Waals surface area contributed by atoms with Crippen LogP contribution in [-0.2, 0) is 6.54 Å². The summed E-state index contributed by atoms with van der Waals surface area (Å²) >= 11 is 8.72. The molecular weight excluding hydrogens is 327 g/mol. The van der Waals surface area contributed by atoms with Crippen molar-refractivity contribution in [2.75, 3.05) is 0 Å². The molecule has 3 rings (SSSR count). The Kier molecular flexibility index (Phi) is 3.24. The molecule has 0 radical (unpaired) electrons. The van der Waals surface area contributed by atoms with Gasteiger partial charge >= 0.3 is 0 Å².